The van der Waals surface area contributed by atoms with Crippen LogP contribution < -0.4 is 0 Å². The minimum atomic E-state index is -0.642. The van der Waals surface area contributed by atoms with E-state index >= 15 is 0 Å². The number of hydrogen-bond donors (Lipinski definition) is 2. The van der Waals surface area contributed by atoms with Gasteiger partial charge in [-0.2, -0.15) is 0 Å². The number of carbonyl (C=O) groups excluding carboxylic acids is 1. The molecule has 3 aromatic rings. The first-order valence-corrected chi connectivity index (χ1v) is 6.73. The molecule has 0 fully saturated rings. The van der Waals surface area contributed by atoms with E-state index in [4.69, 9.17) is 9.15 Å². The van der Waals surface area contributed by atoms with E-state index in [9.17, 15) is 15.0 Å². The van der Waals surface area contributed by atoms with E-state index < -0.39 is 5.97 Å². The highest BCUT2D eigenvalue weighted by molar-refractivity contribution is 6.00. The van der Waals surface area contributed by atoms with Gasteiger partial charge in [-0.1, -0.05) is 30.3 Å². The summed E-state index contributed by atoms with van der Waals surface area (Å²) in [4.78, 5) is 12.2. The fourth-order valence-electron chi connectivity index (χ4n) is 2.30. The molecule has 5 nitrogen and oxygen atoms in total. The summed E-state index contributed by atoms with van der Waals surface area (Å²) in [5.41, 5.74) is 1.36. The minimum Gasteiger partial charge on any atom is -0.507 e. The molecule has 1 aromatic heterocycles. The Kier molecular flexibility index (Phi) is 3.47. The van der Waals surface area contributed by atoms with Gasteiger partial charge in [0.1, 0.15) is 12.4 Å². The van der Waals surface area contributed by atoms with Crippen LogP contribution in [0.4, 0.5) is 0 Å². The summed E-state index contributed by atoms with van der Waals surface area (Å²) in [5.74, 6) is -0.867. The Balaban J connectivity index is 1.90. The predicted octanol–water partition coefficient (Wildman–Crippen LogP) is 3.51. The van der Waals surface area contributed by atoms with Gasteiger partial charge in [-0.05, 0) is 24.6 Å². The molecule has 0 aliphatic heterocycles. The summed E-state index contributed by atoms with van der Waals surface area (Å²) in [7, 11) is 0. The highest BCUT2D eigenvalue weighted by atomic mass is 16.5. The SMILES string of the molecule is Cc1c(C(=O)OCc2ccccc2)oc2c(O)ccc(O)c12. The number of hydrogen-bond acceptors (Lipinski definition) is 5. The maximum Gasteiger partial charge on any atom is 0.374 e. The Labute approximate surface area is 126 Å². The van der Waals surface area contributed by atoms with E-state index in [1.54, 1.807) is 6.92 Å². The zero-order valence-electron chi connectivity index (χ0n) is 11.9. The monoisotopic (exact) mass is 298 g/mol. The first-order chi connectivity index (χ1) is 10.6. The number of furan rings is 1. The quantitative estimate of drug-likeness (QED) is 0.571. The van der Waals surface area contributed by atoms with Crippen LogP contribution in [-0.4, -0.2) is 16.2 Å². The number of aryl methyl sites for hydroxylation is 1. The Morgan fingerprint density at radius 2 is 1.77 bits per heavy atom. The topological polar surface area (TPSA) is 79.9 Å². The summed E-state index contributed by atoms with van der Waals surface area (Å²) in [6, 6.07) is 11.9. The molecule has 0 amide bonds. The average molecular weight is 298 g/mol. The number of benzene rings is 2. The summed E-state index contributed by atoms with van der Waals surface area (Å²) in [6.45, 7) is 1.75. The summed E-state index contributed by atoms with van der Waals surface area (Å²) < 4.78 is 10.6. The third kappa shape index (κ3) is 2.37. The molecule has 0 saturated carbocycles. The van der Waals surface area contributed by atoms with E-state index in [-0.39, 0.29) is 29.4 Å². The summed E-state index contributed by atoms with van der Waals surface area (Å²) in [6.07, 6.45) is 0. The molecule has 0 unspecified atom stereocenters. The molecule has 112 valence electrons. The van der Waals surface area contributed by atoms with Crippen LogP contribution in [0, 0.1) is 6.92 Å². The van der Waals surface area contributed by atoms with Gasteiger partial charge in [-0.15, -0.1) is 0 Å². The van der Waals surface area contributed by atoms with Crippen molar-refractivity contribution in [1.82, 2.24) is 0 Å². The van der Waals surface area contributed by atoms with Gasteiger partial charge in [-0.3, -0.25) is 0 Å². The number of phenols is 2. The minimum absolute atomic E-state index is 0.0252. The highest BCUT2D eigenvalue weighted by Gasteiger charge is 2.23. The number of ether oxygens (including phenoxy) is 1. The van der Waals surface area contributed by atoms with Crippen LogP contribution in [0.25, 0.3) is 11.0 Å². The van der Waals surface area contributed by atoms with Crippen molar-refractivity contribution in [2.24, 2.45) is 0 Å². The van der Waals surface area contributed by atoms with E-state index in [0.717, 1.165) is 5.56 Å². The molecular weight excluding hydrogens is 284 g/mol. The maximum atomic E-state index is 12.2. The van der Waals surface area contributed by atoms with Crippen LogP contribution in [0.1, 0.15) is 21.7 Å². The van der Waals surface area contributed by atoms with E-state index in [1.807, 2.05) is 30.3 Å². The van der Waals surface area contributed by atoms with Crippen LogP contribution in [-0.2, 0) is 11.3 Å². The molecule has 5 heteroatoms. The fourth-order valence-corrected chi connectivity index (χ4v) is 2.30. The lowest BCUT2D eigenvalue weighted by molar-refractivity contribution is 0.0437. The van der Waals surface area contributed by atoms with Crippen molar-refractivity contribution >= 4 is 16.9 Å². The van der Waals surface area contributed by atoms with Crippen molar-refractivity contribution in [3.05, 3.63) is 59.4 Å². The number of rotatable bonds is 3. The summed E-state index contributed by atoms with van der Waals surface area (Å²) >= 11 is 0. The second-order valence-corrected chi connectivity index (χ2v) is 4.93. The van der Waals surface area contributed by atoms with Gasteiger partial charge in [0.2, 0.25) is 5.76 Å². The van der Waals surface area contributed by atoms with Crippen LogP contribution in [0.3, 0.4) is 0 Å². The average Bonchev–Trinajstić information content (AvgIpc) is 2.89. The largest absolute Gasteiger partial charge is 0.507 e. The molecule has 1 heterocycles. The first kappa shape index (κ1) is 14.0. The van der Waals surface area contributed by atoms with Crippen LogP contribution >= 0.6 is 0 Å². The molecule has 0 spiro atoms. The smallest absolute Gasteiger partial charge is 0.374 e. The van der Waals surface area contributed by atoms with Crippen LogP contribution in [0.2, 0.25) is 0 Å². The number of carbonyl (C=O) groups is 1. The molecule has 0 aliphatic carbocycles. The summed E-state index contributed by atoms with van der Waals surface area (Å²) in [5, 5.41) is 19.9. The molecule has 0 bridgehead atoms. The van der Waals surface area contributed by atoms with Crippen molar-refractivity contribution in [2.75, 3.05) is 0 Å². The van der Waals surface area contributed by atoms with E-state index in [2.05, 4.69) is 0 Å². The molecule has 0 atom stereocenters. The molecule has 0 radical (unpaired) electrons. The molecule has 22 heavy (non-hydrogen) atoms. The van der Waals surface area contributed by atoms with Gasteiger partial charge >= 0.3 is 5.97 Å². The second kappa shape index (κ2) is 5.44. The first-order valence-electron chi connectivity index (χ1n) is 6.73. The van der Waals surface area contributed by atoms with Gasteiger partial charge < -0.3 is 19.4 Å². The van der Waals surface area contributed by atoms with Crippen molar-refractivity contribution in [3.8, 4) is 11.5 Å². The van der Waals surface area contributed by atoms with Gasteiger partial charge in [0.15, 0.2) is 11.3 Å². The number of phenolic OH excluding ortho intramolecular Hbond substituents is 2. The molecular formula is C17H14O5. The zero-order valence-corrected chi connectivity index (χ0v) is 11.9. The van der Waals surface area contributed by atoms with Gasteiger partial charge in [0.25, 0.3) is 0 Å². The molecule has 0 aliphatic rings. The van der Waals surface area contributed by atoms with Crippen molar-refractivity contribution in [1.29, 1.82) is 0 Å². The van der Waals surface area contributed by atoms with E-state index in [0.29, 0.717) is 10.9 Å². The molecule has 2 aromatic carbocycles. The van der Waals surface area contributed by atoms with Crippen molar-refractivity contribution in [3.63, 3.8) is 0 Å². The molecule has 3 rings (SSSR count). The number of aromatic hydroxyl groups is 2. The maximum absolute atomic E-state index is 12.2. The predicted molar refractivity (Wildman–Crippen MR) is 79.8 cm³/mol. The molecule has 2 N–H and O–H groups in total. The van der Waals surface area contributed by atoms with E-state index in [1.165, 1.54) is 12.1 Å². The Morgan fingerprint density at radius 3 is 2.45 bits per heavy atom. The third-order valence-corrected chi connectivity index (χ3v) is 3.43. The number of fused-ring (bicyclic) bond motifs is 1. The normalized spacial score (nSPS) is 10.8. The standard InChI is InChI=1S/C17H14O5/c1-10-14-12(18)7-8-13(19)16(14)22-15(10)17(20)21-9-11-5-3-2-4-6-11/h2-8,18-19H,9H2,1H3. The second-order valence-electron chi connectivity index (χ2n) is 4.93. The highest BCUT2D eigenvalue weighted by Crippen LogP contribution is 2.37. The fraction of sp³-hybridized carbons (Fsp3) is 0.118. The van der Waals surface area contributed by atoms with Crippen LogP contribution in [0.15, 0.2) is 46.9 Å². The molecule has 0 saturated heterocycles. The van der Waals surface area contributed by atoms with Crippen LogP contribution in [0.5, 0.6) is 11.5 Å². The lowest BCUT2D eigenvalue weighted by Gasteiger charge is -2.03. The number of esters is 1. The Bertz CT molecular complexity index is 833. The van der Waals surface area contributed by atoms with Gasteiger partial charge in [-0.25, -0.2) is 4.79 Å². The lowest BCUT2D eigenvalue weighted by atomic mass is 10.1. The third-order valence-electron chi connectivity index (χ3n) is 3.43. The Hall–Kier alpha value is -2.95. The Morgan fingerprint density at radius 1 is 1.09 bits per heavy atom. The van der Waals surface area contributed by atoms with Crippen molar-refractivity contribution in [2.45, 2.75) is 13.5 Å². The lowest BCUT2D eigenvalue weighted by Crippen LogP contribution is -2.05. The zero-order chi connectivity index (χ0) is 15.7. The van der Waals surface area contributed by atoms with Gasteiger partial charge in [0.05, 0.1) is 5.39 Å². The van der Waals surface area contributed by atoms with Crippen molar-refractivity contribution < 1.29 is 24.2 Å². The van der Waals surface area contributed by atoms with Gasteiger partial charge in [0, 0.05) is 5.56 Å².